The summed E-state index contributed by atoms with van der Waals surface area (Å²) in [6.07, 6.45) is 4.88. The van der Waals surface area contributed by atoms with E-state index in [2.05, 4.69) is 10.4 Å². The number of halogens is 1. The van der Waals surface area contributed by atoms with Crippen LogP contribution in [-0.2, 0) is 13.6 Å². The van der Waals surface area contributed by atoms with Crippen LogP contribution in [0.4, 0.5) is 4.39 Å². The van der Waals surface area contributed by atoms with E-state index < -0.39 is 0 Å². The maximum absolute atomic E-state index is 13.7. The zero-order valence-electron chi connectivity index (χ0n) is 10.8. The number of aryl methyl sites for hydroxylation is 1. The molecule has 0 bridgehead atoms. The summed E-state index contributed by atoms with van der Waals surface area (Å²) in [4.78, 5) is 0.803. The normalized spacial score (nSPS) is 18.3. The van der Waals surface area contributed by atoms with Crippen LogP contribution in [0.3, 0.4) is 0 Å². The van der Waals surface area contributed by atoms with E-state index in [0.29, 0.717) is 0 Å². The third kappa shape index (κ3) is 2.67. The van der Waals surface area contributed by atoms with E-state index in [0.717, 1.165) is 34.7 Å². The van der Waals surface area contributed by atoms with Crippen molar-refractivity contribution >= 4 is 11.8 Å². The molecule has 19 heavy (non-hydrogen) atoms. The zero-order valence-corrected chi connectivity index (χ0v) is 11.6. The van der Waals surface area contributed by atoms with E-state index in [9.17, 15) is 4.39 Å². The van der Waals surface area contributed by atoms with Crippen LogP contribution in [-0.4, -0.2) is 15.5 Å². The molecule has 0 saturated carbocycles. The Bertz CT molecular complexity index is 582. The van der Waals surface area contributed by atoms with Crippen LogP contribution in [0.5, 0.6) is 0 Å². The van der Waals surface area contributed by atoms with Crippen molar-refractivity contribution in [1.29, 1.82) is 0 Å². The van der Waals surface area contributed by atoms with Crippen LogP contribution in [0.15, 0.2) is 35.5 Å². The van der Waals surface area contributed by atoms with Crippen LogP contribution < -0.4 is 5.32 Å². The summed E-state index contributed by atoms with van der Waals surface area (Å²) in [6, 6.07) is 5.58. The van der Waals surface area contributed by atoms with E-state index in [1.807, 2.05) is 25.5 Å². The minimum absolute atomic E-state index is 0.102. The van der Waals surface area contributed by atoms with Gasteiger partial charge in [0.15, 0.2) is 0 Å². The van der Waals surface area contributed by atoms with Crippen molar-refractivity contribution in [2.45, 2.75) is 23.9 Å². The van der Waals surface area contributed by atoms with Gasteiger partial charge >= 0.3 is 0 Å². The molecule has 0 saturated heterocycles. The number of fused-ring (bicyclic) bond motifs is 1. The first-order chi connectivity index (χ1) is 9.24. The molecule has 2 heterocycles. The maximum Gasteiger partial charge on any atom is 0.137 e. The average molecular weight is 277 g/mol. The number of hydrogen-bond donors (Lipinski definition) is 1. The van der Waals surface area contributed by atoms with Gasteiger partial charge in [0.05, 0.1) is 6.20 Å². The minimum atomic E-state index is -0.102. The number of rotatable bonds is 3. The SMILES string of the molecule is Cn1cc(CNC2CCSc3c(F)cccc32)cn1. The Balaban J connectivity index is 1.75. The van der Waals surface area contributed by atoms with Crippen LogP contribution in [0.1, 0.15) is 23.6 Å². The second-order valence-corrected chi connectivity index (χ2v) is 5.86. The molecule has 1 atom stereocenters. The van der Waals surface area contributed by atoms with Crippen molar-refractivity contribution in [3.63, 3.8) is 0 Å². The fraction of sp³-hybridized carbons (Fsp3) is 0.357. The lowest BCUT2D eigenvalue weighted by atomic mass is 10.0. The molecule has 1 aliphatic heterocycles. The molecule has 0 fully saturated rings. The van der Waals surface area contributed by atoms with Gasteiger partial charge in [-0.15, -0.1) is 11.8 Å². The van der Waals surface area contributed by atoms with E-state index in [-0.39, 0.29) is 11.9 Å². The molecule has 1 aromatic carbocycles. The molecule has 1 aromatic heterocycles. The molecular weight excluding hydrogens is 261 g/mol. The molecule has 0 radical (unpaired) electrons. The van der Waals surface area contributed by atoms with E-state index in [1.165, 1.54) is 6.07 Å². The number of benzene rings is 1. The predicted octanol–water partition coefficient (Wildman–Crippen LogP) is 2.89. The molecule has 1 unspecified atom stereocenters. The van der Waals surface area contributed by atoms with Gasteiger partial charge in [-0.1, -0.05) is 12.1 Å². The molecule has 5 heteroatoms. The summed E-state index contributed by atoms with van der Waals surface area (Å²) >= 11 is 1.61. The summed E-state index contributed by atoms with van der Waals surface area (Å²) in [5.41, 5.74) is 2.24. The first-order valence-electron chi connectivity index (χ1n) is 6.36. The third-order valence-electron chi connectivity index (χ3n) is 3.34. The average Bonchev–Trinajstić information content (AvgIpc) is 2.83. The lowest BCUT2D eigenvalue weighted by Crippen LogP contribution is -2.24. The largest absolute Gasteiger partial charge is 0.306 e. The highest BCUT2D eigenvalue weighted by Crippen LogP contribution is 2.37. The molecule has 0 aliphatic carbocycles. The van der Waals surface area contributed by atoms with Gasteiger partial charge in [-0.25, -0.2) is 4.39 Å². The topological polar surface area (TPSA) is 29.9 Å². The number of aromatic nitrogens is 2. The number of nitrogens with one attached hydrogen (secondary N) is 1. The van der Waals surface area contributed by atoms with Crippen LogP contribution >= 0.6 is 11.8 Å². The molecule has 3 rings (SSSR count). The first kappa shape index (κ1) is 12.7. The zero-order chi connectivity index (χ0) is 13.2. The highest BCUT2D eigenvalue weighted by atomic mass is 32.2. The Labute approximate surface area is 116 Å². The lowest BCUT2D eigenvalue weighted by molar-refractivity contribution is 0.496. The molecule has 1 N–H and O–H groups in total. The Hall–Kier alpha value is -1.33. The van der Waals surface area contributed by atoms with Gasteiger partial charge in [-0.3, -0.25) is 4.68 Å². The smallest absolute Gasteiger partial charge is 0.137 e. The van der Waals surface area contributed by atoms with Gasteiger partial charge < -0.3 is 5.32 Å². The highest BCUT2D eigenvalue weighted by Gasteiger charge is 2.22. The van der Waals surface area contributed by atoms with Gasteiger partial charge in [0.25, 0.3) is 0 Å². The molecule has 0 spiro atoms. The van der Waals surface area contributed by atoms with Crippen molar-refractivity contribution in [3.8, 4) is 0 Å². The number of nitrogens with zero attached hydrogens (tertiary/aromatic N) is 2. The Morgan fingerprint density at radius 2 is 2.42 bits per heavy atom. The Morgan fingerprint density at radius 1 is 1.53 bits per heavy atom. The summed E-state index contributed by atoms with van der Waals surface area (Å²) in [7, 11) is 1.91. The van der Waals surface area contributed by atoms with Gasteiger partial charge in [-0.05, 0) is 23.8 Å². The lowest BCUT2D eigenvalue weighted by Gasteiger charge is -2.26. The van der Waals surface area contributed by atoms with Crippen molar-refractivity contribution in [3.05, 3.63) is 47.5 Å². The van der Waals surface area contributed by atoms with Crippen LogP contribution in [0.25, 0.3) is 0 Å². The van der Waals surface area contributed by atoms with Crippen LogP contribution in [0.2, 0.25) is 0 Å². The summed E-state index contributed by atoms with van der Waals surface area (Å²) < 4.78 is 15.5. The maximum atomic E-state index is 13.7. The fourth-order valence-electron chi connectivity index (χ4n) is 2.40. The quantitative estimate of drug-likeness (QED) is 0.935. The van der Waals surface area contributed by atoms with Crippen molar-refractivity contribution < 1.29 is 4.39 Å². The minimum Gasteiger partial charge on any atom is -0.306 e. The van der Waals surface area contributed by atoms with Crippen molar-refractivity contribution in [2.24, 2.45) is 7.05 Å². The fourth-order valence-corrected chi connectivity index (χ4v) is 3.54. The van der Waals surface area contributed by atoms with E-state index in [1.54, 1.807) is 22.5 Å². The van der Waals surface area contributed by atoms with E-state index in [4.69, 9.17) is 0 Å². The Morgan fingerprint density at radius 3 is 3.21 bits per heavy atom. The molecule has 3 nitrogen and oxygen atoms in total. The van der Waals surface area contributed by atoms with Crippen molar-refractivity contribution in [1.82, 2.24) is 15.1 Å². The van der Waals surface area contributed by atoms with Gasteiger partial charge in [0.2, 0.25) is 0 Å². The summed E-state index contributed by atoms with van der Waals surface area (Å²) in [5.74, 6) is 0.855. The summed E-state index contributed by atoms with van der Waals surface area (Å²) in [6.45, 7) is 0.763. The van der Waals surface area contributed by atoms with Crippen LogP contribution in [0, 0.1) is 5.82 Å². The van der Waals surface area contributed by atoms with Gasteiger partial charge in [0, 0.05) is 36.3 Å². The summed E-state index contributed by atoms with van der Waals surface area (Å²) in [5, 5.41) is 7.65. The predicted molar refractivity (Wildman–Crippen MR) is 74.5 cm³/mol. The second kappa shape index (κ2) is 5.35. The second-order valence-electron chi connectivity index (χ2n) is 4.75. The number of thioether (sulfide) groups is 1. The molecule has 1 aliphatic rings. The number of hydrogen-bond acceptors (Lipinski definition) is 3. The van der Waals surface area contributed by atoms with Gasteiger partial charge in [-0.2, -0.15) is 5.10 Å². The molecular formula is C14H16FN3S. The highest BCUT2D eigenvalue weighted by molar-refractivity contribution is 7.99. The van der Waals surface area contributed by atoms with Gasteiger partial charge in [0.1, 0.15) is 5.82 Å². The van der Waals surface area contributed by atoms with Crippen molar-refractivity contribution in [2.75, 3.05) is 5.75 Å². The first-order valence-corrected chi connectivity index (χ1v) is 7.35. The third-order valence-corrected chi connectivity index (χ3v) is 4.50. The molecule has 100 valence electrons. The molecule has 2 aromatic rings. The standard InChI is InChI=1S/C14H16FN3S/c1-18-9-10(8-17-18)7-16-13-5-6-19-14-11(13)3-2-4-12(14)15/h2-4,8-9,13,16H,5-7H2,1H3. The molecule has 0 amide bonds. The monoisotopic (exact) mass is 277 g/mol. The van der Waals surface area contributed by atoms with E-state index >= 15 is 0 Å². The Kier molecular flexibility index (Phi) is 3.57.